The number of nitrogens with zero attached hydrogens (tertiary/aromatic N) is 2. The van der Waals surface area contributed by atoms with Gasteiger partial charge in [0, 0.05) is 16.5 Å². The van der Waals surface area contributed by atoms with Gasteiger partial charge in [-0.2, -0.15) is 5.26 Å². The van der Waals surface area contributed by atoms with Crippen molar-refractivity contribution >= 4 is 16.8 Å². The van der Waals surface area contributed by atoms with Crippen LogP contribution in [0.4, 0.5) is 4.39 Å². The van der Waals surface area contributed by atoms with Gasteiger partial charge in [-0.25, -0.2) is 9.37 Å². The van der Waals surface area contributed by atoms with Gasteiger partial charge in [-0.1, -0.05) is 19.9 Å². The van der Waals surface area contributed by atoms with Crippen molar-refractivity contribution in [1.29, 1.82) is 5.26 Å². The lowest BCUT2D eigenvalue weighted by Crippen LogP contribution is -2.40. The molecule has 1 atom stereocenters. The van der Waals surface area contributed by atoms with Gasteiger partial charge in [-0.05, 0) is 62.6 Å². The van der Waals surface area contributed by atoms with Gasteiger partial charge in [-0.3, -0.25) is 9.59 Å². The zero-order valence-corrected chi connectivity index (χ0v) is 18.0. The van der Waals surface area contributed by atoms with Crippen LogP contribution in [0.15, 0.2) is 41.2 Å². The minimum Gasteiger partial charge on any atom is -0.347 e. The highest BCUT2D eigenvalue weighted by Crippen LogP contribution is 2.49. The van der Waals surface area contributed by atoms with Gasteiger partial charge in [-0.15, -0.1) is 0 Å². The molecular formula is C24H25FN4O2. The van der Waals surface area contributed by atoms with Gasteiger partial charge in [0.1, 0.15) is 17.6 Å². The number of amides is 1. The quantitative estimate of drug-likeness (QED) is 0.661. The molecule has 1 saturated carbocycles. The first-order chi connectivity index (χ1) is 14.9. The lowest BCUT2D eigenvalue weighted by Gasteiger charge is -2.21. The third kappa shape index (κ3) is 4.06. The molecule has 0 bridgehead atoms. The average Bonchev–Trinajstić information content (AvgIpc) is 3.57. The van der Waals surface area contributed by atoms with Crippen molar-refractivity contribution in [2.24, 2.45) is 0 Å². The summed E-state index contributed by atoms with van der Waals surface area (Å²) in [5, 5.41) is 12.5. The van der Waals surface area contributed by atoms with Gasteiger partial charge in [0.05, 0.1) is 17.2 Å². The number of H-pyrrole nitrogens is 1. The predicted molar refractivity (Wildman–Crippen MR) is 117 cm³/mol. The van der Waals surface area contributed by atoms with E-state index in [9.17, 15) is 14.0 Å². The molecule has 2 aromatic heterocycles. The fourth-order valence-corrected chi connectivity index (χ4v) is 3.88. The normalized spacial score (nSPS) is 14.7. The molecule has 1 aliphatic carbocycles. The standard InChI is InChI=1S/C22H19FN4O2.C2H6/c1-12-16-10-14(23)6-7-18(16)27-20(28)19(12)22(8-9-22)21(29)25-13(2)17-5-3-4-15(11-24)26-17;1-2/h3-7,10,13H,8-9H2,1-2H3,(H,25,29)(H,27,28);1-2H3. The fraction of sp³-hybridized carbons (Fsp3) is 0.333. The maximum Gasteiger partial charge on any atom is 0.252 e. The Morgan fingerprint density at radius 3 is 2.65 bits per heavy atom. The minimum absolute atomic E-state index is 0.265. The second kappa shape index (κ2) is 8.68. The van der Waals surface area contributed by atoms with Crippen LogP contribution >= 0.6 is 0 Å². The fourth-order valence-electron chi connectivity index (χ4n) is 3.88. The van der Waals surface area contributed by atoms with Crippen LogP contribution in [0.5, 0.6) is 0 Å². The number of hydrogen-bond donors (Lipinski definition) is 2. The number of benzene rings is 1. The van der Waals surface area contributed by atoms with Crippen LogP contribution in [-0.2, 0) is 10.2 Å². The molecule has 7 heteroatoms. The van der Waals surface area contributed by atoms with E-state index in [0.717, 1.165) is 0 Å². The Morgan fingerprint density at radius 1 is 1.29 bits per heavy atom. The molecule has 2 heterocycles. The third-order valence-electron chi connectivity index (χ3n) is 5.58. The van der Waals surface area contributed by atoms with E-state index < -0.39 is 17.3 Å². The van der Waals surface area contributed by atoms with E-state index in [2.05, 4.69) is 15.3 Å². The number of nitriles is 1. The minimum atomic E-state index is -0.931. The van der Waals surface area contributed by atoms with Crippen molar-refractivity contribution in [3.05, 3.63) is 75.1 Å². The summed E-state index contributed by atoms with van der Waals surface area (Å²) in [6.07, 6.45) is 1.09. The van der Waals surface area contributed by atoms with Crippen LogP contribution < -0.4 is 10.9 Å². The summed E-state index contributed by atoms with van der Waals surface area (Å²) in [7, 11) is 0. The number of carbonyl (C=O) groups is 1. The van der Waals surface area contributed by atoms with E-state index in [0.29, 0.717) is 40.6 Å². The lowest BCUT2D eigenvalue weighted by atomic mass is 9.90. The highest BCUT2D eigenvalue weighted by atomic mass is 19.1. The van der Waals surface area contributed by atoms with Crippen molar-refractivity contribution in [3.63, 3.8) is 0 Å². The second-order valence-electron chi connectivity index (χ2n) is 7.48. The number of nitrogens with one attached hydrogen (secondary N) is 2. The molecule has 31 heavy (non-hydrogen) atoms. The molecular weight excluding hydrogens is 395 g/mol. The molecule has 0 spiro atoms. The van der Waals surface area contributed by atoms with Gasteiger partial charge in [0.2, 0.25) is 5.91 Å². The van der Waals surface area contributed by atoms with Gasteiger partial charge in [0.25, 0.3) is 5.56 Å². The summed E-state index contributed by atoms with van der Waals surface area (Å²) >= 11 is 0. The van der Waals surface area contributed by atoms with E-state index >= 15 is 0 Å². The number of hydrogen-bond acceptors (Lipinski definition) is 4. The Hall–Kier alpha value is -3.53. The van der Waals surface area contributed by atoms with E-state index in [1.54, 1.807) is 32.0 Å². The molecule has 6 nitrogen and oxygen atoms in total. The van der Waals surface area contributed by atoms with E-state index in [-0.39, 0.29) is 17.2 Å². The van der Waals surface area contributed by atoms with Crippen molar-refractivity contribution in [2.75, 3.05) is 0 Å². The van der Waals surface area contributed by atoms with Gasteiger partial charge < -0.3 is 10.3 Å². The van der Waals surface area contributed by atoms with Crippen LogP contribution in [0.25, 0.3) is 10.9 Å². The summed E-state index contributed by atoms with van der Waals surface area (Å²) in [5.41, 5.74) is 1.13. The van der Waals surface area contributed by atoms with Crippen LogP contribution in [0.1, 0.15) is 62.2 Å². The van der Waals surface area contributed by atoms with E-state index in [4.69, 9.17) is 5.26 Å². The first-order valence-corrected chi connectivity index (χ1v) is 10.4. The van der Waals surface area contributed by atoms with E-state index in [1.165, 1.54) is 18.2 Å². The van der Waals surface area contributed by atoms with Crippen LogP contribution in [0.3, 0.4) is 0 Å². The maximum absolute atomic E-state index is 13.7. The monoisotopic (exact) mass is 420 g/mol. The number of fused-ring (bicyclic) bond motifs is 1. The highest BCUT2D eigenvalue weighted by Gasteiger charge is 2.54. The number of rotatable bonds is 4. The summed E-state index contributed by atoms with van der Waals surface area (Å²) in [6.45, 7) is 7.53. The molecule has 1 fully saturated rings. The molecule has 1 aromatic carbocycles. The zero-order valence-electron chi connectivity index (χ0n) is 18.0. The number of pyridine rings is 2. The topological polar surface area (TPSA) is 98.6 Å². The summed E-state index contributed by atoms with van der Waals surface area (Å²) in [4.78, 5) is 32.9. The molecule has 4 rings (SSSR count). The number of carbonyl (C=O) groups excluding carboxylic acids is 1. The smallest absolute Gasteiger partial charge is 0.252 e. The number of halogens is 1. The van der Waals surface area contributed by atoms with Crippen LogP contribution in [0.2, 0.25) is 0 Å². The Balaban J connectivity index is 0.00000132. The average molecular weight is 420 g/mol. The molecule has 160 valence electrons. The summed E-state index contributed by atoms with van der Waals surface area (Å²) < 4.78 is 13.7. The molecule has 1 unspecified atom stereocenters. The third-order valence-corrected chi connectivity index (χ3v) is 5.58. The molecule has 3 aromatic rings. The number of aromatic amines is 1. The number of aromatic nitrogens is 2. The van der Waals surface area contributed by atoms with E-state index in [1.807, 2.05) is 19.9 Å². The maximum atomic E-state index is 13.7. The van der Waals surface area contributed by atoms with Crippen molar-refractivity contribution in [3.8, 4) is 6.07 Å². The molecule has 0 aliphatic heterocycles. The van der Waals surface area contributed by atoms with Crippen LogP contribution in [-0.4, -0.2) is 15.9 Å². The zero-order chi connectivity index (χ0) is 22.8. The SMILES string of the molecule is CC.Cc1c(C2(C(=O)NC(C)c3cccc(C#N)n3)CC2)c(=O)[nH]c2ccc(F)cc12. The highest BCUT2D eigenvalue weighted by molar-refractivity contribution is 5.94. The van der Waals surface area contributed by atoms with Gasteiger partial charge in [0.15, 0.2) is 0 Å². The van der Waals surface area contributed by atoms with Crippen molar-refractivity contribution < 1.29 is 9.18 Å². The first-order valence-electron chi connectivity index (χ1n) is 10.4. The Bertz CT molecular complexity index is 1240. The molecule has 2 N–H and O–H groups in total. The Labute approximate surface area is 180 Å². The predicted octanol–water partition coefficient (Wildman–Crippen LogP) is 4.18. The summed E-state index contributed by atoms with van der Waals surface area (Å²) in [5.74, 6) is -0.663. The Kier molecular flexibility index (Phi) is 6.21. The van der Waals surface area contributed by atoms with Crippen LogP contribution in [0, 0.1) is 24.1 Å². The van der Waals surface area contributed by atoms with Crippen molar-refractivity contribution in [2.45, 2.75) is 52.0 Å². The number of aryl methyl sites for hydroxylation is 1. The van der Waals surface area contributed by atoms with Crippen molar-refractivity contribution in [1.82, 2.24) is 15.3 Å². The van der Waals surface area contributed by atoms with Gasteiger partial charge >= 0.3 is 0 Å². The molecule has 1 aliphatic rings. The first kappa shape index (κ1) is 22.2. The molecule has 0 saturated heterocycles. The Morgan fingerprint density at radius 2 is 2.00 bits per heavy atom. The molecule has 1 amide bonds. The molecule has 0 radical (unpaired) electrons. The lowest BCUT2D eigenvalue weighted by molar-refractivity contribution is -0.124. The summed E-state index contributed by atoms with van der Waals surface area (Å²) in [6, 6.07) is 10.8. The largest absolute Gasteiger partial charge is 0.347 e. The second-order valence-corrected chi connectivity index (χ2v) is 7.48.